The van der Waals surface area contributed by atoms with Crippen molar-refractivity contribution in [3.05, 3.63) is 28.8 Å². The normalized spacial score (nSPS) is 14.9. The number of carbonyl (C=O) groups is 2. The Morgan fingerprint density at radius 3 is 2.50 bits per heavy atom. The van der Waals surface area contributed by atoms with Gasteiger partial charge in [-0.2, -0.15) is 0 Å². The zero-order chi connectivity index (χ0) is 10.5. The van der Waals surface area contributed by atoms with Gasteiger partial charge in [-0.15, -0.1) is 0 Å². The molecule has 0 aliphatic carbocycles. The number of nitrogen functional groups attached to an aromatic ring is 1. The molecule has 0 atom stereocenters. The summed E-state index contributed by atoms with van der Waals surface area (Å²) in [5.41, 5.74) is 7.70. The van der Waals surface area contributed by atoms with E-state index >= 15 is 0 Å². The maximum Gasteiger partial charge on any atom is 0.263 e. The van der Waals surface area contributed by atoms with Crippen molar-refractivity contribution in [2.45, 2.75) is 6.92 Å². The Morgan fingerprint density at radius 2 is 1.86 bits per heavy atom. The first kappa shape index (κ1) is 8.74. The number of carbonyl (C=O) groups excluding carboxylic acids is 2. The van der Waals surface area contributed by atoms with Crippen LogP contribution in [0.4, 0.5) is 5.69 Å². The molecular weight excluding hydrogens is 180 g/mol. The number of rotatable bonds is 0. The van der Waals surface area contributed by atoms with Gasteiger partial charge in [-0.1, -0.05) is 0 Å². The van der Waals surface area contributed by atoms with Crippen LogP contribution in [-0.2, 0) is 0 Å². The summed E-state index contributed by atoms with van der Waals surface area (Å²) in [7, 11) is 1.46. The molecule has 0 bridgehead atoms. The van der Waals surface area contributed by atoms with Crippen molar-refractivity contribution >= 4 is 17.5 Å². The van der Waals surface area contributed by atoms with E-state index in [9.17, 15) is 9.59 Å². The molecular formula is C10H10N2O2. The highest BCUT2D eigenvalue weighted by atomic mass is 16.2. The lowest BCUT2D eigenvalue weighted by molar-refractivity contribution is 0.0693. The van der Waals surface area contributed by atoms with E-state index in [2.05, 4.69) is 0 Å². The van der Waals surface area contributed by atoms with Crippen LogP contribution in [0.15, 0.2) is 12.1 Å². The highest BCUT2D eigenvalue weighted by molar-refractivity contribution is 6.23. The summed E-state index contributed by atoms with van der Waals surface area (Å²) in [5, 5.41) is 0. The fourth-order valence-electron chi connectivity index (χ4n) is 1.66. The second kappa shape index (κ2) is 2.57. The van der Waals surface area contributed by atoms with Crippen LogP contribution in [0.2, 0.25) is 0 Å². The van der Waals surface area contributed by atoms with Crippen molar-refractivity contribution in [1.29, 1.82) is 0 Å². The summed E-state index contributed by atoms with van der Waals surface area (Å²) in [6, 6.07) is 3.39. The molecule has 14 heavy (non-hydrogen) atoms. The van der Waals surface area contributed by atoms with E-state index in [0.717, 1.165) is 10.5 Å². The number of anilines is 1. The zero-order valence-electron chi connectivity index (χ0n) is 8.00. The quantitative estimate of drug-likeness (QED) is 0.486. The molecule has 0 fully saturated rings. The van der Waals surface area contributed by atoms with E-state index < -0.39 is 0 Å². The molecule has 2 rings (SSSR count). The molecule has 1 aromatic carbocycles. The van der Waals surface area contributed by atoms with Crippen LogP contribution in [-0.4, -0.2) is 23.8 Å². The Hall–Kier alpha value is -1.84. The fourth-order valence-corrected chi connectivity index (χ4v) is 1.66. The highest BCUT2D eigenvalue weighted by Gasteiger charge is 2.34. The Bertz CT molecular complexity index is 452. The lowest BCUT2D eigenvalue weighted by atomic mass is 10.0. The maximum atomic E-state index is 11.6. The van der Waals surface area contributed by atoms with Gasteiger partial charge in [0.2, 0.25) is 0 Å². The molecule has 1 aliphatic heterocycles. The highest BCUT2D eigenvalue weighted by Crippen LogP contribution is 2.27. The number of benzene rings is 1. The van der Waals surface area contributed by atoms with Crippen molar-refractivity contribution < 1.29 is 9.59 Å². The predicted molar refractivity (Wildman–Crippen MR) is 52.0 cm³/mol. The van der Waals surface area contributed by atoms with Gasteiger partial charge in [0, 0.05) is 12.7 Å². The largest absolute Gasteiger partial charge is 0.398 e. The van der Waals surface area contributed by atoms with Gasteiger partial charge < -0.3 is 5.73 Å². The van der Waals surface area contributed by atoms with Crippen LogP contribution in [0.3, 0.4) is 0 Å². The lowest BCUT2D eigenvalue weighted by Gasteiger charge is -2.03. The number of amides is 2. The monoisotopic (exact) mass is 190 g/mol. The first-order valence-corrected chi connectivity index (χ1v) is 4.25. The van der Waals surface area contributed by atoms with E-state index in [1.54, 1.807) is 12.1 Å². The molecule has 0 aromatic heterocycles. The third-order valence-corrected chi connectivity index (χ3v) is 2.37. The van der Waals surface area contributed by atoms with E-state index in [0.29, 0.717) is 16.8 Å². The van der Waals surface area contributed by atoms with E-state index in [1.807, 2.05) is 6.92 Å². The summed E-state index contributed by atoms with van der Waals surface area (Å²) in [5.74, 6) is -0.595. The molecule has 0 unspecified atom stereocenters. The minimum atomic E-state index is -0.317. The minimum absolute atomic E-state index is 0.277. The molecule has 2 amide bonds. The van der Waals surface area contributed by atoms with E-state index in [1.165, 1.54) is 7.05 Å². The molecule has 1 aromatic rings. The number of hydrogen-bond acceptors (Lipinski definition) is 3. The molecule has 4 heteroatoms. The average molecular weight is 190 g/mol. The third kappa shape index (κ3) is 0.937. The van der Waals surface area contributed by atoms with Crippen LogP contribution in [0.5, 0.6) is 0 Å². The second-order valence-electron chi connectivity index (χ2n) is 3.45. The smallest absolute Gasteiger partial charge is 0.263 e. The molecule has 4 nitrogen and oxygen atoms in total. The van der Waals surface area contributed by atoms with Gasteiger partial charge in [0.1, 0.15) is 0 Å². The maximum absolute atomic E-state index is 11.6. The molecule has 1 aliphatic rings. The van der Waals surface area contributed by atoms with Gasteiger partial charge in [-0.25, -0.2) is 0 Å². The van der Waals surface area contributed by atoms with Crippen molar-refractivity contribution in [3.63, 3.8) is 0 Å². The topological polar surface area (TPSA) is 63.4 Å². The molecule has 0 saturated heterocycles. The summed E-state index contributed by atoms with van der Waals surface area (Å²) < 4.78 is 0. The second-order valence-corrected chi connectivity index (χ2v) is 3.45. The van der Waals surface area contributed by atoms with Gasteiger partial charge >= 0.3 is 0 Å². The molecule has 72 valence electrons. The number of imide groups is 1. The molecule has 1 heterocycles. The third-order valence-electron chi connectivity index (χ3n) is 2.37. The van der Waals surface area contributed by atoms with Gasteiger partial charge in [0.25, 0.3) is 11.8 Å². The molecule has 0 radical (unpaired) electrons. The van der Waals surface area contributed by atoms with Crippen molar-refractivity contribution in [2.75, 3.05) is 12.8 Å². The first-order valence-electron chi connectivity index (χ1n) is 4.25. The van der Waals surface area contributed by atoms with Crippen LogP contribution in [0, 0.1) is 6.92 Å². The number of nitrogens with zero attached hydrogens (tertiary/aromatic N) is 1. The van der Waals surface area contributed by atoms with Gasteiger partial charge in [-0.3, -0.25) is 14.5 Å². The van der Waals surface area contributed by atoms with Gasteiger partial charge in [0.05, 0.1) is 11.1 Å². The summed E-state index contributed by atoms with van der Waals surface area (Å²) >= 11 is 0. The number of hydrogen-bond donors (Lipinski definition) is 1. The predicted octanol–water partition coefficient (Wildman–Crippen LogP) is 0.803. The van der Waals surface area contributed by atoms with Gasteiger partial charge in [0.15, 0.2) is 0 Å². The average Bonchev–Trinajstić information content (AvgIpc) is 2.31. The number of aryl methyl sites for hydroxylation is 1. The number of nitrogens with two attached hydrogens (primary N) is 1. The molecule has 0 spiro atoms. The summed E-state index contributed by atoms with van der Waals surface area (Å²) in [6.45, 7) is 1.84. The zero-order valence-corrected chi connectivity index (χ0v) is 8.00. The van der Waals surface area contributed by atoms with Crippen LogP contribution in [0.25, 0.3) is 0 Å². The SMILES string of the molecule is Cc1cc(N)c2c(c1)C(=O)N(C)C2=O. The van der Waals surface area contributed by atoms with Crippen molar-refractivity contribution in [3.8, 4) is 0 Å². The van der Waals surface area contributed by atoms with Crippen molar-refractivity contribution in [1.82, 2.24) is 4.90 Å². The van der Waals surface area contributed by atoms with Crippen LogP contribution in [0.1, 0.15) is 26.3 Å². The van der Waals surface area contributed by atoms with Gasteiger partial charge in [-0.05, 0) is 24.6 Å². The van der Waals surface area contributed by atoms with Crippen LogP contribution < -0.4 is 5.73 Å². The Kier molecular flexibility index (Phi) is 1.61. The minimum Gasteiger partial charge on any atom is -0.398 e. The van der Waals surface area contributed by atoms with E-state index in [-0.39, 0.29) is 11.8 Å². The molecule has 2 N–H and O–H groups in total. The number of fused-ring (bicyclic) bond motifs is 1. The fraction of sp³-hybridized carbons (Fsp3) is 0.200. The first-order chi connectivity index (χ1) is 6.52. The Labute approximate surface area is 81.3 Å². The standard InChI is InChI=1S/C10H10N2O2/c1-5-3-6-8(7(11)4-5)10(14)12(2)9(6)13/h3-4H,11H2,1-2H3. The van der Waals surface area contributed by atoms with Crippen LogP contribution >= 0.6 is 0 Å². The Balaban J connectivity index is 2.76. The van der Waals surface area contributed by atoms with E-state index in [4.69, 9.17) is 5.73 Å². The Morgan fingerprint density at radius 1 is 1.21 bits per heavy atom. The summed E-state index contributed by atoms with van der Waals surface area (Å²) in [6.07, 6.45) is 0. The lowest BCUT2D eigenvalue weighted by Crippen LogP contribution is -2.24. The summed E-state index contributed by atoms with van der Waals surface area (Å²) in [4.78, 5) is 24.2. The molecule has 0 saturated carbocycles. The van der Waals surface area contributed by atoms with Crippen molar-refractivity contribution in [2.24, 2.45) is 0 Å².